The second-order valence-corrected chi connectivity index (χ2v) is 7.74. The number of aryl methyl sites for hydroxylation is 1. The summed E-state index contributed by atoms with van der Waals surface area (Å²) in [6, 6.07) is 15.4. The van der Waals surface area contributed by atoms with Crippen LogP contribution in [0.5, 0.6) is 5.75 Å². The molecule has 2 amide bonds. The lowest BCUT2D eigenvalue weighted by Crippen LogP contribution is -2.48. The highest BCUT2D eigenvalue weighted by Gasteiger charge is 2.29. The van der Waals surface area contributed by atoms with Gasteiger partial charge in [-0.3, -0.25) is 4.79 Å². The summed E-state index contributed by atoms with van der Waals surface area (Å²) in [5.41, 5.74) is 3.15. The predicted octanol–water partition coefficient (Wildman–Crippen LogP) is 3.61. The van der Waals surface area contributed by atoms with E-state index in [1.54, 1.807) is 4.90 Å². The predicted molar refractivity (Wildman–Crippen MR) is 109 cm³/mol. The zero-order valence-electron chi connectivity index (χ0n) is 16.3. The van der Waals surface area contributed by atoms with Gasteiger partial charge in [-0.05, 0) is 54.5 Å². The van der Waals surface area contributed by atoms with Gasteiger partial charge in [-0.2, -0.15) is 0 Å². The number of carbonyl (C=O) groups excluding carboxylic acids is 1. The van der Waals surface area contributed by atoms with Crippen molar-refractivity contribution in [2.45, 2.75) is 31.7 Å². The third-order valence-electron chi connectivity index (χ3n) is 5.72. The Hall–Kier alpha value is -3.02. The summed E-state index contributed by atoms with van der Waals surface area (Å²) in [6.07, 6.45) is 3.27. The first-order valence-corrected chi connectivity index (χ1v) is 10.2. The summed E-state index contributed by atoms with van der Waals surface area (Å²) in [4.78, 5) is 26.0. The number of ether oxygens (including phenoxy) is 1. The molecule has 2 unspecified atom stereocenters. The van der Waals surface area contributed by atoms with E-state index < -0.39 is 11.9 Å². The first kappa shape index (κ1) is 19.3. The average molecular weight is 394 g/mol. The maximum atomic E-state index is 13.0. The third-order valence-corrected chi connectivity index (χ3v) is 5.72. The van der Waals surface area contributed by atoms with E-state index in [2.05, 4.69) is 11.4 Å². The quantitative estimate of drug-likeness (QED) is 0.830. The molecular weight excluding hydrogens is 368 g/mol. The van der Waals surface area contributed by atoms with Crippen LogP contribution in [0.2, 0.25) is 0 Å². The van der Waals surface area contributed by atoms with Crippen molar-refractivity contribution >= 4 is 12.0 Å². The van der Waals surface area contributed by atoms with Gasteiger partial charge >= 0.3 is 12.0 Å². The van der Waals surface area contributed by atoms with Gasteiger partial charge in [0.05, 0.1) is 18.6 Å². The standard InChI is InChI=1S/C23H26N2O4/c26-22(27)19-8-4-12-25(15-19)23(28)24-21(16-6-2-1-3-7-16)18-10-11-20-17(14-18)9-5-13-29-20/h1-3,6-7,10-11,14,19,21H,4-5,8-9,12-13,15H2,(H,24,28)(H,26,27). The number of carboxylic acid groups (broad SMARTS) is 1. The van der Waals surface area contributed by atoms with Crippen molar-refractivity contribution < 1.29 is 19.4 Å². The maximum Gasteiger partial charge on any atom is 0.318 e. The number of benzene rings is 2. The lowest BCUT2D eigenvalue weighted by atomic mass is 9.94. The molecule has 2 N–H and O–H groups in total. The lowest BCUT2D eigenvalue weighted by molar-refractivity contribution is -0.143. The molecule has 2 aliphatic rings. The molecule has 6 nitrogen and oxygen atoms in total. The number of nitrogens with one attached hydrogen (secondary N) is 1. The Bertz CT molecular complexity index is 884. The normalized spacial score (nSPS) is 19.6. The van der Waals surface area contributed by atoms with Crippen molar-refractivity contribution in [1.82, 2.24) is 10.2 Å². The smallest absolute Gasteiger partial charge is 0.318 e. The molecule has 2 aromatic carbocycles. The summed E-state index contributed by atoms with van der Waals surface area (Å²) in [5.74, 6) is -0.416. The van der Waals surface area contributed by atoms with Gasteiger partial charge in [0, 0.05) is 13.1 Å². The number of piperidine rings is 1. The van der Waals surface area contributed by atoms with E-state index in [0.717, 1.165) is 41.9 Å². The fraction of sp³-hybridized carbons (Fsp3) is 0.391. The SMILES string of the molecule is O=C(O)C1CCCN(C(=O)NC(c2ccccc2)c2ccc3c(c2)CCCO3)C1. The van der Waals surface area contributed by atoms with E-state index in [9.17, 15) is 14.7 Å². The molecule has 29 heavy (non-hydrogen) atoms. The van der Waals surface area contributed by atoms with Gasteiger partial charge in [0.2, 0.25) is 0 Å². The minimum Gasteiger partial charge on any atom is -0.493 e. The summed E-state index contributed by atoms with van der Waals surface area (Å²) in [7, 11) is 0. The number of urea groups is 1. The van der Waals surface area contributed by atoms with Crippen molar-refractivity contribution in [3.8, 4) is 5.75 Å². The number of rotatable bonds is 4. The number of nitrogens with zero attached hydrogens (tertiary/aromatic N) is 1. The Morgan fingerprint density at radius 1 is 1.10 bits per heavy atom. The van der Waals surface area contributed by atoms with Gasteiger partial charge in [-0.25, -0.2) is 4.79 Å². The Kier molecular flexibility index (Phi) is 5.69. The van der Waals surface area contributed by atoms with Crippen molar-refractivity contribution in [2.24, 2.45) is 5.92 Å². The number of fused-ring (bicyclic) bond motifs is 1. The van der Waals surface area contributed by atoms with Gasteiger partial charge in [-0.15, -0.1) is 0 Å². The maximum absolute atomic E-state index is 13.0. The molecule has 0 radical (unpaired) electrons. The largest absolute Gasteiger partial charge is 0.493 e. The van der Waals surface area contributed by atoms with Gasteiger partial charge in [-0.1, -0.05) is 36.4 Å². The van der Waals surface area contributed by atoms with Crippen LogP contribution in [-0.2, 0) is 11.2 Å². The highest BCUT2D eigenvalue weighted by Crippen LogP contribution is 2.30. The lowest BCUT2D eigenvalue weighted by Gasteiger charge is -2.32. The molecule has 0 aliphatic carbocycles. The van der Waals surface area contributed by atoms with Crippen LogP contribution in [0.4, 0.5) is 4.79 Å². The van der Waals surface area contributed by atoms with Gasteiger partial charge < -0.3 is 20.1 Å². The number of hydrogen-bond donors (Lipinski definition) is 2. The van der Waals surface area contributed by atoms with Crippen LogP contribution in [0.25, 0.3) is 0 Å². The van der Waals surface area contributed by atoms with Crippen molar-refractivity contribution in [3.05, 3.63) is 65.2 Å². The van der Waals surface area contributed by atoms with Crippen LogP contribution in [0.3, 0.4) is 0 Å². The molecule has 1 fully saturated rings. The number of carboxylic acids is 1. The molecular formula is C23H26N2O4. The molecule has 2 aromatic rings. The molecule has 0 aromatic heterocycles. The van der Waals surface area contributed by atoms with Crippen LogP contribution >= 0.6 is 0 Å². The Balaban J connectivity index is 1.58. The topological polar surface area (TPSA) is 78.9 Å². The van der Waals surface area contributed by atoms with E-state index in [1.165, 1.54) is 0 Å². The molecule has 0 spiro atoms. The molecule has 6 heteroatoms. The second-order valence-electron chi connectivity index (χ2n) is 7.74. The minimum absolute atomic E-state index is 0.223. The van der Waals surface area contributed by atoms with E-state index >= 15 is 0 Å². The van der Waals surface area contributed by atoms with Gasteiger partial charge in [0.25, 0.3) is 0 Å². The van der Waals surface area contributed by atoms with Crippen molar-refractivity contribution in [2.75, 3.05) is 19.7 Å². The summed E-state index contributed by atoms with van der Waals surface area (Å²) in [6.45, 7) is 1.57. The van der Waals surface area contributed by atoms with Gasteiger partial charge in [0.1, 0.15) is 5.75 Å². The molecule has 2 aliphatic heterocycles. The number of amides is 2. The van der Waals surface area contributed by atoms with E-state index in [-0.39, 0.29) is 18.6 Å². The average Bonchev–Trinajstić information content (AvgIpc) is 2.77. The number of aliphatic carboxylic acids is 1. The van der Waals surface area contributed by atoms with Crippen LogP contribution < -0.4 is 10.1 Å². The van der Waals surface area contributed by atoms with Crippen molar-refractivity contribution in [1.29, 1.82) is 0 Å². The summed E-state index contributed by atoms with van der Waals surface area (Å²) in [5, 5.41) is 12.5. The summed E-state index contributed by atoms with van der Waals surface area (Å²) < 4.78 is 5.72. The number of carbonyl (C=O) groups is 2. The first-order valence-electron chi connectivity index (χ1n) is 10.2. The highest BCUT2D eigenvalue weighted by molar-refractivity contribution is 5.77. The zero-order chi connectivity index (χ0) is 20.2. The van der Waals surface area contributed by atoms with E-state index in [4.69, 9.17) is 4.74 Å². The molecule has 152 valence electrons. The first-order chi connectivity index (χ1) is 14.1. The fourth-order valence-corrected chi connectivity index (χ4v) is 4.14. The van der Waals surface area contributed by atoms with Gasteiger partial charge in [0.15, 0.2) is 0 Å². The highest BCUT2D eigenvalue weighted by atomic mass is 16.5. The van der Waals surface area contributed by atoms with Crippen LogP contribution in [-0.4, -0.2) is 41.7 Å². The monoisotopic (exact) mass is 394 g/mol. The Labute approximate surface area is 170 Å². The molecule has 2 atom stereocenters. The van der Waals surface area contributed by atoms with Crippen LogP contribution in [0, 0.1) is 5.92 Å². The Morgan fingerprint density at radius 3 is 2.72 bits per heavy atom. The van der Waals surface area contributed by atoms with Crippen molar-refractivity contribution in [3.63, 3.8) is 0 Å². The summed E-state index contributed by atoms with van der Waals surface area (Å²) >= 11 is 0. The molecule has 1 saturated heterocycles. The van der Waals surface area contributed by atoms with Crippen LogP contribution in [0.1, 0.15) is 42.0 Å². The zero-order valence-corrected chi connectivity index (χ0v) is 16.3. The molecule has 4 rings (SSSR count). The third kappa shape index (κ3) is 4.36. The molecule has 0 bridgehead atoms. The molecule has 0 saturated carbocycles. The second kappa shape index (κ2) is 8.55. The fourth-order valence-electron chi connectivity index (χ4n) is 4.14. The van der Waals surface area contributed by atoms with E-state index in [0.29, 0.717) is 19.4 Å². The minimum atomic E-state index is -0.836. The van der Waals surface area contributed by atoms with Crippen LogP contribution in [0.15, 0.2) is 48.5 Å². The molecule has 2 heterocycles. The van der Waals surface area contributed by atoms with E-state index in [1.807, 2.05) is 42.5 Å². The number of likely N-dealkylation sites (tertiary alicyclic amines) is 1. The Morgan fingerprint density at radius 2 is 1.93 bits per heavy atom. The number of hydrogen-bond acceptors (Lipinski definition) is 3.